The van der Waals surface area contributed by atoms with E-state index in [2.05, 4.69) is 10.1 Å². The molecule has 2 aromatic heterocycles. The molecular formula is C21H19N3O2. The van der Waals surface area contributed by atoms with Crippen LogP contribution in [-0.4, -0.2) is 21.7 Å². The van der Waals surface area contributed by atoms with Crippen molar-refractivity contribution in [1.82, 2.24) is 15.1 Å². The summed E-state index contributed by atoms with van der Waals surface area (Å²) in [6.45, 7) is 4.44. The van der Waals surface area contributed by atoms with E-state index in [4.69, 9.17) is 14.2 Å². The molecule has 0 unspecified atom stereocenters. The molecule has 130 valence electrons. The first-order valence-corrected chi connectivity index (χ1v) is 8.57. The minimum absolute atomic E-state index is 0.565. The number of nitrogens with zero attached hydrogens (tertiary/aromatic N) is 3. The molecule has 0 aliphatic carbocycles. The first-order chi connectivity index (χ1) is 12.7. The second-order valence-electron chi connectivity index (χ2n) is 6.17. The van der Waals surface area contributed by atoms with Gasteiger partial charge in [0.05, 0.1) is 35.2 Å². The summed E-state index contributed by atoms with van der Waals surface area (Å²) in [6, 6.07) is 15.8. The number of aromatic nitrogens is 3. The SMILES string of the molecule is Cc1noc(C)c1CCOc1cccc(-c2cnc3ccccc3n2)c1. The van der Waals surface area contributed by atoms with E-state index in [-0.39, 0.29) is 0 Å². The zero-order valence-electron chi connectivity index (χ0n) is 14.8. The number of ether oxygens (including phenoxy) is 1. The van der Waals surface area contributed by atoms with Crippen LogP contribution in [0.4, 0.5) is 0 Å². The fourth-order valence-corrected chi connectivity index (χ4v) is 2.97. The van der Waals surface area contributed by atoms with E-state index in [1.807, 2.05) is 62.4 Å². The first kappa shape index (κ1) is 16.3. The molecule has 0 N–H and O–H groups in total. The molecule has 0 atom stereocenters. The van der Waals surface area contributed by atoms with Crippen molar-refractivity contribution >= 4 is 11.0 Å². The quantitative estimate of drug-likeness (QED) is 0.532. The third kappa shape index (κ3) is 3.28. The highest BCUT2D eigenvalue weighted by atomic mass is 16.5. The number of benzene rings is 2. The van der Waals surface area contributed by atoms with Crippen molar-refractivity contribution in [1.29, 1.82) is 0 Å². The first-order valence-electron chi connectivity index (χ1n) is 8.57. The molecule has 0 aliphatic rings. The summed E-state index contributed by atoms with van der Waals surface area (Å²) < 4.78 is 11.1. The fraction of sp³-hybridized carbons (Fsp3) is 0.190. The number of rotatable bonds is 5. The molecule has 4 aromatic rings. The van der Waals surface area contributed by atoms with Crippen molar-refractivity contribution in [2.24, 2.45) is 0 Å². The van der Waals surface area contributed by atoms with E-state index in [1.165, 1.54) is 0 Å². The van der Waals surface area contributed by atoms with Crippen LogP contribution in [0.5, 0.6) is 5.75 Å². The van der Waals surface area contributed by atoms with Crippen molar-refractivity contribution in [3.05, 3.63) is 71.7 Å². The van der Waals surface area contributed by atoms with E-state index in [1.54, 1.807) is 6.20 Å². The van der Waals surface area contributed by atoms with Crippen LogP contribution in [0.2, 0.25) is 0 Å². The van der Waals surface area contributed by atoms with Crippen molar-refractivity contribution < 1.29 is 9.26 Å². The normalized spacial score (nSPS) is 11.0. The zero-order chi connectivity index (χ0) is 17.9. The Balaban J connectivity index is 1.50. The summed E-state index contributed by atoms with van der Waals surface area (Å²) in [7, 11) is 0. The monoisotopic (exact) mass is 345 g/mol. The molecular weight excluding hydrogens is 326 g/mol. The summed E-state index contributed by atoms with van der Waals surface area (Å²) in [5, 5.41) is 3.97. The highest BCUT2D eigenvalue weighted by Gasteiger charge is 2.09. The molecule has 0 fully saturated rings. The van der Waals surface area contributed by atoms with Gasteiger partial charge in [0, 0.05) is 17.5 Å². The largest absolute Gasteiger partial charge is 0.493 e. The van der Waals surface area contributed by atoms with Crippen LogP contribution in [0.15, 0.2) is 59.3 Å². The second kappa shape index (κ2) is 6.96. The lowest BCUT2D eigenvalue weighted by Crippen LogP contribution is -2.03. The van der Waals surface area contributed by atoms with Gasteiger partial charge in [-0.3, -0.25) is 4.98 Å². The van der Waals surface area contributed by atoms with Gasteiger partial charge in [-0.2, -0.15) is 0 Å². The number of fused-ring (bicyclic) bond motifs is 1. The van der Waals surface area contributed by atoms with Crippen LogP contribution < -0.4 is 4.74 Å². The Morgan fingerprint density at radius 3 is 2.65 bits per heavy atom. The van der Waals surface area contributed by atoms with Gasteiger partial charge in [0.2, 0.25) is 0 Å². The van der Waals surface area contributed by atoms with Gasteiger partial charge in [-0.05, 0) is 38.1 Å². The van der Waals surface area contributed by atoms with Crippen LogP contribution >= 0.6 is 0 Å². The van der Waals surface area contributed by atoms with Crippen LogP contribution in [0.1, 0.15) is 17.0 Å². The van der Waals surface area contributed by atoms with Gasteiger partial charge in [-0.25, -0.2) is 4.98 Å². The standard InChI is InChI=1S/C21H19N3O2/c1-14-18(15(2)26-24-14)10-11-25-17-7-5-6-16(12-17)21-13-22-19-8-3-4-9-20(19)23-21/h3-9,12-13H,10-11H2,1-2H3. The summed E-state index contributed by atoms with van der Waals surface area (Å²) in [5.74, 6) is 1.66. The molecule has 0 amide bonds. The summed E-state index contributed by atoms with van der Waals surface area (Å²) in [4.78, 5) is 9.17. The number of hydrogen-bond donors (Lipinski definition) is 0. The summed E-state index contributed by atoms with van der Waals surface area (Å²) >= 11 is 0. The molecule has 0 saturated heterocycles. The van der Waals surface area contributed by atoms with E-state index in [9.17, 15) is 0 Å². The summed E-state index contributed by atoms with van der Waals surface area (Å²) in [5.41, 5.74) is 5.63. The topological polar surface area (TPSA) is 61.0 Å². The fourth-order valence-electron chi connectivity index (χ4n) is 2.97. The van der Waals surface area contributed by atoms with Crippen molar-refractivity contribution in [2.75, 3.05) is 6.61 Å². The number of para-hydroxylation sites is 2. The molecule has 0 bridgehead atoms. The Kier molecular flexibility index (Phi) is 4.35. The van der Waals surface area contributed by atoms with Crippen LogP contribution in [0, 0.1) is 13.8 Å². The maximum atomic E-state index is 5.92. The summed E-state index contributed by atoms with van der Waals surface area (Å²) in [6.07, 6.45) is 2.56. The lowest BCUT2D eigenvalue weighted by atomic mass is 10.1. The van der Waals surface area contributed by atoms with Crippen LogP contribution in [0.3, 0.4) is 0 Å². The minimum atomic E-state index is 0.565. The van der Waals surface area contributed by atoms with E-state index in [0.29, 0.717) is 6.61 Å². The molecule has 5 nitrogen and oxygen atoms in total. The molecule has 2 aromatic carbocycles. The van der Waals surface area contributed by atoms with Gasteiger partial charge in [0.25, 0.3) is 0 Å². The number of hydrogen-bond acceptors (Lipinski definition) is 5. The van der Waals surface area contributed by atoms with E-state index in [0.717, 1.165) is 51.5 Å². The lowest BCUT2D eigenvalue weighted by Gasteiger charge is -2.08. The van der Waals surface area contributed by atoms with Gasteiger partial charge in [-0.15, -0.1) is 0 Å². The molecule has 0 saturated carbocycles. The smallest absolute Gasteiger partial charge is 0.137 e. The Morgan fingerprint density at radius 2 is 1.85 bits per heavy atom. The van der Waals surface area contributed by atoms with E-state index >= 15 is 0 Å². The Hall–Kier alpha value is -3.21. The average Bonchev–Trinajstić information content (AvgIpc) is 3.00. The van der Waals surface area contributed by atoms with Crippen LogP contribution in [0.25, 0.3) is 22.3 Å². The van der Waals surface area contributed by atoms with Crippen molar-refractivity contribution in [3.63, 3.8) is 0 Å². The predicted octanol–water partition coefficient (Wildman–Crippen LogP) is 4.52. The van der Waals surface area contributed by atoms with Gasteiger partial charge in [0.15, 0.2) is 0 Å². The third-order valence-electron chi connectivity index (χ3n) is 4.38. The Morgan fingerprint density at radius 1 is 1.00 bits per heavy atom. The average molecular weight is 345 g/mol. The highest BCUT2D eigenvalue weighted by Crippen LogP contribution is 2.24. The van der Waals surface area contributed by atoms with Crippen LogP contribution in [-0.2, 0) is 6.42 Å². The molecule has 5 heteroatoms. The van der Waals surface area contributed by atoms with Gasteiger partial charge in [-0.1, -0.05) is 29.4 Å². The van der Waals surface area contributed by atoms with Gasteiger partial charge in [0.1, 0.15) is 11.5 Å². The number of aryl methyl sites for hydroxylation is 2. The lowest BCUT2D eigenvalue weighted by molar-refractivity contribution is 0.320. The van der Waals surface area contributed by atoms with Crippen molar-refractivity contribution in [2.45, 2.75) is 20.3 Å². The Bertz CT molecular complexity index is 1040. The molecule has 0 aliphatic heterocycles. The Labute approximate surface area is 151 Å². The zero-order valence-corrected chi connectivity index (χ0v) is 14.8. The molecule has 4 rings (SSSR count). The molecule has 0 spiro atoms. The van der Waals surface area contributed by atoms with Crippen molar-refractivity contribution in [3.8, 4) is 17.0 Å². The highest BCUT2D eigenvalue weighted by molar-refractivity contribution is 5.77. The minimum Gasteiger partial charge on any atom is -0.493 e. The van der Waals surface area contributed by atoms with Gasteiger partial charge >= 0.3 is 0 Å². The third-order valence-corrected chi connectivity index (χ3v) is 4.38. The van der Waals surface area contributed by atoms with Gasteiger partial charge < -0.3 is 9.26 Å². The maximum Gasteiger partial charge on any atom is 0.137 e. The maximum absolute atomic E-state index is 5.92. The van der Waals surface area contributed by atoms with E-state index < -0.39 is 0 Å². The molecule has 26 heavy (non-hydrogen) atoms. The second-order valence-corrected chi connectivity index (χ2v) is 6.17. The predicted molar refractivity (Wildman–Crippen MR) is 100 cm³/mol. The molecule has 2 heterocycles. The molecule has 0 radical (unpaired) electrons.